The van der Waals surface area contributed by atoms with Crippen LogP contribution in [0.15, 0.2) is 11.6 Å². The molecule has 22 unspecified atom stereocenters. The van der Waals surface area contributed by atoms with Crippen molar-refractivity contribution in [2.24, 2.45) is 62.1 Å². The molecule has 13 aliphatic rings. The van der Waals surface area contributed by atoms with E-state index in [1.165, 1.54) is 13.8 Å². The van der Waals surface area contributed by atoms with Gasteiger partial charge in [0.2, 0.25) is 12.1 Å². The highest BCUT2D eigenvalue weighted by Crippen LogP contribution is 2.76. The van der Waals surface area contributed by atoms with Gasteiger partial charge in [-0.1, -0.05) is 93.7 Å². The average molecular weight is 1990 g/mol. The number of hydrogen-bond acceptors (Lipinski definition) is 45. The van der Waals surface area contributed by atoms with E-state index >= 15 is 4.79 Å². The Kier molecular flexibility index (Phi) is 35.1. The molecular formula is C92H148O46. The third kappa shape index (κ3) is 21.1. The molecule has 4 saturated carbocycles. The number of allylic oxidation sites excluding steroid dienone is 2. The van der Waals surface area contributed by atoms with Crippen molar-refractivity contribution in [3.63, 3.8) is 0 Å². The van der Waals surface area contributed by atoms with Gasteiger partial charge in [0.15, 0.2) is 61.7 Å². The summed E-state index contributed by atoms with van der Waals surface area (Å²) in [5, 5.41) is 257. The van der Waals surface area contributed by atoms with Crippen LogP contribution in [0.25, 0.3) is 0 Å². The second-order valence-corrected chi connectivity index (χ2v) is 42.7. The normalized spacial score (nSPS) is 48.7. The Labute approximate surface area is 797 Å². The fraction of sp³-hybridized carbons (Fsp3) is 0.924. The van der Waals surface area contributed by atoms with Gasteiger partial charge in [0.1, 0.15) is 146 Å². The minimum Gasteiger partial charge on any atom is -0.479 e. The molecule has 46 nitrogen and oxygen atoms in total. The first-order valence-electron chi connectivity index (χ1n) is 48.3. The Balaban J connectivity index is 0.750. The van der Waals surface area contributed by atoms with Gasteiger partial charge in [0, 0.05) is 12.8 Å². The van der Waals surface area contributed by atoms with E-state index in [2.05, 4.69) is 26.8 Å². The molecule has 0 bridgehead atoms. The smallest absolute Gasteiger partial charge is 0.335 e. The number of carboxylic acids is 1. The molecule has 13 rings (SSSR count). The van der Waals surface area contributed by atoms with Crippen LogP contribution in [0.4, 0.5) is 0 Å². The molecule has 0 aromatic rings. The van der Waals surface area contributed by atoms with E-state index in [0.717, 1.165) is 11.9 Å². The Morgan fingerprint density at radius 1 is 0.522 bits per heavy atom. The molecule has 23 N–H and O–H groups in total. The number of carbonyl (C=O) groups excluding carboxylic acids is 4. The summed E-state index contributed by atoms with van der Waals surface area (Å²) >= 11 is 0. The van der Waals surface area contributed by atoms with E-state index in [-0.39, 0.29) is 43.9 Å². The number of aliphatic carboxylic acids is 1. The molecule has 5 aliphatic carbocycles. The van der Waals surface area contributed by atoms with Crippen molar-refractivity contribution in [1.29, 1.82) is 0 Å². The first kappa shape index (κ1) is 111. The van der Waals surface area contributed by atoms with Crippen molar-refractivity contribution < 1.29 is 227 Å². The molecule has 12 fully saturated rings. The third-order valence-corrected chi connectivity index (χ3v) is 33.4. The summed E-state index contributed by atoms with van der Waals surface area (Å²) in [6.07, 6.45) is -63.5. The maximum atomic E-state index is 16.4. The van der Waals surface area contributed by atoms with Crippen LogP contribution in [0.1, 0.15) is 179 Å². The van der Waals surface area contributed by atoms with Crippen LogP contribution in [0.3, 0.4) is 0 Å². The van der Waals surface area contributed by atoms with E-state index in [1.807, 2.05) is 20.8 Å². The minimum absolute atomic E-state index is 0.00950. The van der Waals surface area contributed by atoms with E-state index in [0.29, 0.717) is 51.4 Å². The maximum Gasteiger partial charge on any atom is 0.335 e. The van der Waals surface area contributed by atoms with Gasteiger partial charge in [0.25, 0.3) is 0 Å². The monoisotopic (exact) mass is 1990 g/mol. The van der Waals surface area contributed by atoms with Crippen LogP contribution in [0.5, 0.6) is 0 Å². The topological polar surface area (TPSA) is 717 Å². The molecule has 0 aromatic carbocycles. The van der Waals surface area contributed by atoms with Crippen molar-refractivity contribution in [3.05, 3.63) is 11.6 Å². The van der Waals surface area contributed by atoms with E-state index in [1.54, 1.807) is 27.7 Å². The average Bonchev–Trinajstić information content (AvgIpc) is 0.776. The summed E-state index contributed by atoms with van der Waals surface area (Å²) in [5.41, 5.74) is -7.97. The van der Waals surface area contributed by atoms with Crippen molar-refractivity contribution in [2.45, 2.75) is 424 Å². The molecule has 8 aliphatic heterocycles. The number of carbonyl (C=O) groups is 5. The van der Waals surface area contributed by atoms with Crippen LogP contribution in [-0.2, 0) is 109 Å². The van der Waals surface area contributed by atoms with E-state index < -0.39 is 378 Å². The predicted molar refractivity (Wildman–Crippen MR) is 458 cm³/mol. The number of rotatable bonds is 35. The number of hydrogen-bond donors (Lipinski definition) is 23. The molecule has 0 radical (unpaired) electrons. The zero-order valence-electron chi connectivity index (χ0n) is 79.7. The lowest BCUT2D eigenvalue weighted by Crippen LogP contribution is -2.69. The quantitative estimate of drug-likeness (QED) is 0.00702. The van der Waals surface area contributed by atoms with E-state index in [4.69, 9.17) is 85.3 Å². The standard InChI is InChI=1S/C92H148O46/c1-13-37(3)47(126-55(102)25-42(98)24-48(38(4)14-2)127-80-63(110)59(106)50(30-94)128-80)23-41(97)26-56(103)131-70-40(6)125-82(74(66(70)113)135-79-65(112)61(108)69(39(5)124-79)132-78-68(115)71(46(100)32-123-78)138-92(120)36-121-35-90(92,119)34-96)137-84(118)91-22-21-85(7,8)27-44(91)43-15-16-52-86(9)19-18-54(87(10,33-95)51(86)17-20-88(52,11)89(43,12)28-53(91)101)130-83-75(136-81-64(111)60(107)58(105)49(29-93)129-81)72(67(114)73(134-83)76(116)117)133-77-62(109)57(104)45(99)31-122-77/h15,33,37-42,44-54,57-75,77-83,93-94,96-101,104-115,119-120H,13-14,16-32,34-36H2,1-12H3,(H,116,117)/t37-,38-,39?,40?,41-,42-,44?,45+,46?,47-,48-,49?,50-,51?,52?,53+,54-,57?,58-,59?,60?,61?,62?,63?,64?,65?,66?,67+,68?,69-,70+,71-,72?,73?,74?,75?,77-,78+,79-,80+,81-,82-,83+,86-,87-,88+,89+,90?,91+,92-/m0/s1. The number of ether oxygens (including phenoxy) is 18. The van der Waals surface area contributed by atoms with Gasteiger partial charge in [0.05, 0.1) is 101 Å². The number of aldehydes is 1. The maximum absolute atomic E-state index is 16.4. The van der Waals surface area contributed by atoms with Crippen molar-refractivity contribution in [2.75, 3.05) is 46.2 Å². The fourth-order valence-corrected chi connectivity index (χ4v) is 24.2. The lowest BCUT2D eigenvalue weighted by Gasteiger charge is -2.71. The van der Waals surface area contributed by atoms with E-state index in [9.17, 15) is 137 Å². The number of aliphatic hydroxyl groups excluding tert-OH is 20. The lowest BCUT2D eigenvalue weighted by molar-refractivity contribution is -0.391. The zero-order valence-corrected chi connectivity index (χ0v) is 79.7. The Morgan fingerprint density at radius 3 is 1.72 bits per heavy atom. The molecule has 0 spiro atoms. The highest BCUT2D eigenvalue weighted by molar-refractivity contribution is 5.80. The summed E-state index contributed by atoms with van der Waals surface area (Å²) < 4.78 is 108. The molecule has 50 atom stereocenters. The predicted octanol–water partition coefficient (Wildman–Crippen LogP) is -5.68. The Bertz CT molecular complexity index is 4120. The Morgan fingerprint density at radius 2 is 1.08 bits per heavy atom. The van der Waals surface area contributed by atoms with Gasteiger partial charge in [-0.15, -0.1) is 0 Å². The largest absolute Gasteiger partial charge is 0.479 e. The number of esters is 3. The van der Waals surface area contributed by atoms with Crippen LogP contribution >= 0.6 is 0 Å². The Hall–Kier alpha value is -4.19. The summed E-state index contributed by atoms with van der Waals surface area (Å²) in [6.45, 7) is 16.6. The number of aliphatic hydroxyl groups is 22. The van der Waals surface area contributed by atoms with Gasteiger partial charge in [-0.2, -0.15) is 0 Å². The summed E-state index contributed by atoms with van der Waals surface area (Å²) in [7, 11) is 0. The molecule has 792 valence electrons. The van der Waals surface area contributed by atoms with Gasteiger partial charge >= 0.3 is 23.9 Å². The SMILES string of the molecule is CC[C@H](C)[C@H](C[C@H](O)CC(=O)O[C@@H]1C(C)O[C@@H](OC(=O)[C@]23CCC(C)(C)CC2C2=CCC4[C@@]5(C)CC[C@H](O[C@@H]6OC(C(=O)O)[C@H](O)C(O[C@@H]7OC[C@@H](O)C(O)C7O)C6O[C@@H]6OC(CO)[C@H](O)C(O)C6O)[C@@](C)(C=O)C5CC[C@@]4(C)[C@]2(C)C[C@H]3O)C(O[C@@H]2OC(C)[C@H](O[C@H]3OCC(O)[C@H](O[C@@]4(O)COCC4(O)CO)C3O)C(O)C2O)C1O)OC(=O)C[C@@H](O)C[C@H](O[C@@H]1O[C@@H](CO)C(O)C1O)[C@@H](C)CC. The molecule has 8 saturated heterocycles. The summed E-state index contributed by atoms with van der Waals surface area (Å²) in [6, 6.07) is 0. The highest BCUT2D eigenvalue weighted by atomic mass is 16.8. The third-order valence-electron chi connectivity index (χ3n) is 33.4. The molecule has 138 heavy (non-hydrogen) atoms. The van der Waals surface area contributed by atoms with Crippen LogP contribution in [0, 0.1) is 62.1 Å². The first-order chi connectivity index (χ1) is 64.7. The van der Waals surface area contributed by atoms with Crippen molar-refractivity contribution in [1.82, 2.24) is 0 Å². The molecule has 0 amide bonds. The zero-order chi connectivity index (χ0) is 101. The van der Waals surface area contributed by atoms with Crippen molar-refractivity contribution in [3.8, 4) is 0 Å². The minimum atomic E-state index is -2.68. The second-order valence-electron chi connectivity index (χ2n) is 42.7. The van der Waals surface area contributed by atoms with Gasteiger partial charge in [-0.25, -0.2) is 4.79 Å². The van der Waals surface area contributed by atoms with Crippen LogP contribution < -0.4 is 0 Å². The summed E-state index contributed by atoms with van der Waals surface area (Å²) in [4.78, 5) is 72.1. The molecular weight excluding hydrogens is 1840 g/mol. The number of carboxylic acid groups (broad SMARTS) is 1. The number of fused-ring (bicyclic) bond motifs is 7. The molecule has 8 heterocycles. The highest BCUT2D eigenvalue weighted by Gasteiger charge is 2.74. The second kappa shape index (κ2) is 43.7. The van der Waals surface area contributed by atoms with Gasteiger partial charge < -0.3 is 208 Å². The van der Waals surface area contributed by atoms with Gasteiger partial charge in [-0.05, 0) is 123 Å². The van der Waals surface area contributed by atoms with Crippen LogP contribution in [-0.4, -0.2) is 439 Å². The lowest BCUT2D eigenvalue weighted by atomic mass is 9.33. The molecule has 0 aromatic heterocycles. The molecule has 46 heteroatoms. The fourth-order valence-electron chi connectivity index (χ4n) is 24.2. The summed E-state index contributed by atoms with van der Waals surface area (Å²) in [5.74, 6) is -9.95. The first-order valence-corrected chi connectivity index (χ1v) is 48.3. The van der Waals surface area contributed by atoms with Crippen molar-refractivity contribution >= 4 is 30.2 Å². The van der Waals surface area contributed by atoms with Gasteiger partial charge in [-0.3, -0.25) is 14.4 Å². The van der Waals surface area contributed by atoms with Crippen LogP contribution in [0.2, 0.25) is 0 Å².